The van der Waals surface area contributed by atoms with E-state index in [2.05, 4.69) is 58.4 Å². The highest BCUT2D eigenvalue weighted by Crippen LogP contribution is 2.38. The van der Waals surface area contributed by atoms with Crippen molar-refractivity contribution in [1.29, 1.82) is 5.26 Å². The average molecular weight is 568 g/mol. The fourth-order valence-corrected chi connectivity index (χ4v) is 4.82. The summed E-state index contributed by atoms with van der Waals surface area (Å²) in [4.78, 5) is 8.49. The third-order valence-corrected chi connectivity index (χ3v) is 7.13. The lowest BCUT2D eigenvalue weighted by molar-refractivity contribution is 0.260. The molecule has 42 heavy (non-hydrogen) atoms. The highest BCUT2D eigenvalue weighted by atomic mass is 19.1. The second kappa shape index (κ2) is 10.9. The summed E-state index contributed by atoms with van der Waals surface area (Å²) < 4.78 is 37.5. The van der Waals surface area contributed by atoms with Crippen LogP contribution in [-0.4, -0.2) is 27.6 Å². The Labute approximate surface area is 244 Å². The van der Waals surface area contributed by atoms with Crippen LogP contribution in [0.25, 0.3) is 22.0 Å². The molecule has 0 saturated heterocycles. The summed E-state index contributed by atoms with van der Waals surface area (Å²) in [5, 5.41) is 19.4. The van der Waals surface area contributed by atoms with E-state index in [0.717, 1.165) is 12.8 Å². The number of nitrogens with one attached hydrogen (secondary N) is 4. The van der Waals surface area contributed by atoms with Crippen molar-refractivity contribution in [3.63, 3.8) is 0 Å². The van der Waals surface area contributed by atoms with Crippen LogP contribution in [0.2, 0.25) is 0 Å². The number of anilines is 2. The Kier molecular flexibility index (Phi) is 6.80. The number of hydrogen-bond donors (Lipinski definition) is 4. The van der Waals surface area contributed by atoms with Gasteiger partial charge in [-0.05, 0) is 60.2 Å². The zero-order chi connectivity index (χ0) is 30.4. The van der Waals surface area contributed by atoms with E-state index in [4.69, 9.17) is 0 Å². The second-order valence-corrected chi connectivity index (χ2v) is 11.8. The molecule has 4 N–H and O–H groups in total. The molecular formula is C32H32F2N8. The Hall–Kier alpha value is -4.75. The van der Waals surface area contributed by atoms with Gasteiger partial charge in [0.15, 0.2) is 0 Å². The molecule has 6 rings (SSSR count). The van der Waals surface area contributed by atoms with Crippen molar-refractivity contribution >= 4 is 22.3 Å². The Balaban J connectivity index is 1.54. The second-order valence-electron chi connectivity index (χ2n) is 11.8. The summed E-state index contributed by atoms with van der Waals surface area (Å²) in [7, 11) is 0. The molecule has 2 aliphatic rings. The first-order chi connectivity index (χ1) is 20.5. The van der Waals surface area contributed by atoms with Crippen LogP contribution in [0.5, 0.6) is 0 Å². The number of benzene rings is 2. The number of halogens is 2. The summed E-state index contributed by atoms with van der Waals surface area (Å²) in [5.74, 6) is -1.01. The van der Waals surface area contributed by atoms with E-state index < -0.39 is 17.8 Å². The van der Waals surface area contributed by atoms with E-state index in [9.17, 15) is 15.4 Å². The van der Waals surface area contributed by atoms with Crippen LogP contribution in [0, 0.1) is 28.5 Å². The zero-order valence-corrected chi connectivity index (χ0v) is 23.6. The van der Waals surface area contributed by atoms with Gasteiger partial charge in [0.1, 0.15) is 11.9 Å². The molecular weight excluding hydrogens is 534 g/mol. The van der Waals surface area contributed by atoms with Gasteiger partial charge in [-0.25, -0.2) is 9.37 Å². The van der Waals surface area contributed by atoms with Crippen molar-refractivity contribution in [3.8, 4) is 17.2 Å². The van der Waals surface area contributed by atoms with E-state index in [1.807, 2.05) is 23.3 Å². The predicted molar refractivity (Wildman–Crippen MR) is 160 cm³/mol. The number of fused-ring (bicyclic) bond motifs is 1. The van der Waals surface area contributed by atoms with Gasteiger partial charge >= 0.3 is 0 Å². The Morgan fingerprint density at radius 2 is 1.90 bits per heavy atom. The maximum absolute atomic E-state index is 14.0. The molecule has 1 aliphatic heterocycles. The summed E-state index contributed by atoms with van der Waals surface area (Å²) in [5.41, 5.74) is 10.6. The zero-order valence-electron chi connectivity index (χ0n) is 24.6. The largest absolute Gasteiger partial charge is 0.383 e. The van der Waals surface area contributed by atoms with Gasteiger partial charge in [-0.1, -0.05) is 32.9 Å². The maximum Gasteiger partial charge on any atom is 0.212 e. The summed E-state index contributed by atoms with van der Waals surface area (Å²) in [6.45, 7) is 6.87. The summed E-state index contributed by atoms with van der Waals surface area (Å²) >= 11 is 0. The number of aromatic nitrogens is 2. The van der Waals surface area contributed by atoms with Crippen LogP contribution in [0.3, 0.4) is 0 Å². The van der Waals surface area contributed by atoms with Crippen molar-refractivity contribution in [2.45, 2.75) is 45.7 Å². The third-order valence-electron chi connectivity index (χ3n) is 7.13. The fraction of sp³-hybridized carbons (Fsp3) is 0.281. The minimum atomic E-state index is -1.57. The predicted octanol–water partition coefficient (Wildman–Crippen LogP) is 6.39. The Bertz CT molecular complexity index is 1740. The molecule has 0 bridgehead atoms. The summed E-state index contributed by atoms with van der Waals surface area (Å²) in [6.07, 6.45) is 6.91. The van der Waals surface area contributed by atoms with Crippen LogP contribution in [0.1, 0.15) is 52.1 Å². The van der Waals surface area contributed by atoms with Gasteiger partial charge in [-0.2, -0.15) is 9.65 Å². The normalized spacial score (nSPS) is 16.7. The molecule has 8 nitrogen and oxygen atoms in total. The van der Waals surface area contributed by atoms with Crippen LogP contribution in [0.15, 0.2) is 72.8 Å². The van der Waals surface area contributed by atoms with Crippen LogP contribution < -0.4 is 21.6 Å². The topological polar surface area (TPSA) is 101 Å². The molecule has 0 radical (unpaired) electrons. The number of pyridine rings is 2. The number of rotatable bonds is 8. The first-order valence-electron chi connectivity index (χ1n) is 14.3. The minimum absolute atomic E-state index is 0.0815. The first kappa shape index (κ1) is 26.2. The Morgan fingerprint density at radius 3 is 2.57 bits per heavy atom. The molecule has 1 fully saturated rings. The van der Waals surface area contributed by atoms with E-state index in [1.165, 1.54) is 30.6 Å². The van der Waals surface area contributed by atoms with Gasteiger partial charge in [-0.3, -0.25) is 9.99 Å². The van der Waals surface area contributed by atoms with Crippen LogP contribution in [-0.2, 0) is 0 Å². The van der Waals surface area contributed by atoms with Crippen molar-refractivity contribution in [1.82, 2.24) is 25.9 Å². The molecule has 2 aromatic heterocycles. The molecule has 4 aromatic rings. The quantitative estimate of drug-likeness (QED) is 0.182. The standard InChI is InChI=1S/C32H32F2N8/c1-32(2,3)18-38-29-21(14-35)16-37-31-25(20-6-11-28(34)36-15-20)12-23(13-26(29)31)39-30(19-4-7-22(33)8-5-19)27-17-42(41-40-27)24-9-10-24/h4-8,11-13,15-17,24,30,39-41H,9-10,18H2,1-3H3,(H,37,38)/t30-/m0/s1/i30D. The van der Waals surface area contributed by atoms with Gasteiger partial charge in [0, 0.05) is 53.4 Å². The third kappa shape index (κ3) is 5.83. The molecule has 1 aliphatic carbocycles. The highest BCUT2D eigenvalue weighted by molar-refractivity contribution is 6.04. The smallest absolute Gasteiger partial charge is 0.212 e. The van der Waals surface area contributed by atoms with Crippen LogP contribution >= 0.6 is 0 Å². The van der Waals surface area contributed by atoms with E-state index in [0.29, 0.717) is 62.8 Å². The molecule has 214 valence electrons. The minimum Gasteiger partial charge on any atom is -0.383 e. The van der Waals surface area contributed by atoms with E-state index in [1.54, 1.807) is 18.2 Å². The van der Waals surface area contributed by atoms with Gasteiger partial charge in [-0.15, -0.1) is 5.53 Å². The molecule has 0 spiro atoms. The van der Waals surface area contributed by atoms with Crippen molar-refractivity contribution in [2.24, 2.45) is 5.41 Å². The maximum atomic E-state index is 14.0. The SMILES string of the molecule is [2H][C@@](Nc1cc(-c2ccc(F)nc2)c2ncc(C#N)c(NCC(C)(C)C)c2c1)(C1=CN(C2CC2)NN1)c1ccc(F)cc1. The molecule has 0 amide bonds. The van der Waals surface area contributed by atoms with Crippen molar-refractivity contribution in [2.75, 3.05) is 17.2 Å². The summed E-state index contributed by atoms with van der Waals surface area (Å²) in [6, 6.07) is 13.4. The number of nitrogens with zero attached hydrogens (tertiary/aromatic N) is 4. The molecule has 10 heteroatoms. The number of nitriles is 1. The van der Waals surface area contributed by atoms with Crippen molar-refractivity contribution in [3.05, 3.63) is 95.7 Å². The van der Waals surface area contributed by atoms with Gasteiger partial charge in [0.2, 0.25) is 5.95 Å². The highest BCUT2D eigenvalue weighted by Gasteiger charge is 2.32. The van der Waals surface area contributed by atoms with Crippen LogP contribution in [0.4, 0.5) is 20.2 Å². The fourth-order valence-electron chi connectivity index (χ4n) is 4.82. The van der Waals surface area contributed by atoms with E-state index >= 15 is 0 Å². The molecule has 1 atom stereocenters. The molecule has 0 unspecified atom stereocenters. The first-order valence-corrected chi connectivity index (χ1v) is 13.8. The average Bonchev–Trinajstić information content (AvgIpc) is 3.71. The molecule has 1 saturated carbocycles. The van der Waals surface area contributed by atoms with E-state index in [-0.39, 0.29) is 5.41 Å². The van der Waals surface area contributed by atoms with Gasteiger partial charge < -0.3 is 16.1 Å². The molecule has 2 aromatic carbocycles. The lowest BCUT2D eigenvalue weighted by Crippen LogP contribution is -2.38. The Morgan fingerprint density at radius 1 is 1.12 bits per heavy atom. The van der Waals surface area contributed by atoms with Gasteiger partial charge in [0.25, 0.3) is 0 Å². The van der Waals surface area contributed by atoms with Gasteiger partial charge in [0.05, 0.1) is 29.9 Å². The lowest BCUT2D eigenvalue weighted by Gasteiger charge is -2.24. The monoisotopic (exact) mass is 567 g/mol. The number of hydrogen-bond acceptors (Lipinski definition) is 8. The van der Waals surface area contributed by atoms with Crippen molar-refractivity contribution < 1.29 is 10.2 Å². The molecule has 3 heterocycles. The lowest BCUT2D eigenvalue weighted by atomic mass is 9.95. The number of hydrazine groups is 2.